The zero-order valence-electron chi connectivity index (χ0n) is 27.7. The van der Waals surface area contributed by atoms with Crippen LogP contribution >= 0.6 is 0 Å². The molecule has 3 aromatic carbocycles. The van der Waals surface area contributed by atoms with Gasteiger partial charge in [-0.1, -0.05) is 93.6 Å². The first-order valence-corrected chi connectivity index (χ1v) is 18.5. The molecule has 1 N–H and O–H groups in total. The van der Waals surface area contributed by atoms with Crippen LogP contribution in [0, 0.1) is 5.82 Å². The van der Waals surface area contributed by atoms with Gasteiger partial charge in [-0.25, -0.2) is 9.18 Å². The molecule has 2 heterocycles. The molecule has 0 radical (unpaired) electrons. The van der Waals surface area contributed by atoms with Crippen molar-refractivity contribution in [1.29, 1.82) is 0 Å². The minimum atomic E-state index is -2.58. The number of hydrogen-bond acceptors (Lipinski definition) is 7. The summed E-state index contributed by atoms with van der Waals surface area (Å²) in [6.07, 6.45) is -4.81. The Balaban J connectivity index is 1.76. The molecule has 12 heteroatoms. The third-order valence-corrected chi connectivity index (χ3v) is 13.9. The standard InChI is InChI=1S/C36H40F2N2O7Si/c1-34(2,3)48(5,6)45-23-35(22-41)30(29(38)32(47-35)40-21-28(37)31(42)39-33(40)43)46-36(24-13-9-7-10-14-24,25-15-11-8-12-16-25)26-17-19-27(44-4)20-18-26/h7-22,29-30,32H,23H2,1-6H3,(H,39,42,43)/t29-,30-,32+,35+/m0/s1. The lowest BCUT2D eigenvalue weighted by molar-refractivity contribution is -0.168. The van der Waals surface area contributed by atoms with Gasteiger partial charge >= 0.3 is 5.69 Å². The lowest BCUT2D eigenvalue weighted by Crippen LogP contribution is -2.55. The van der Waals surface area contributed by atoms with E-state index in [1.54, 1.807) is 31.4 Å². The van der Waals surface area contributed by atoms with Crippen molar-refractivity contribution < 1.29 is 32.2 Å². The summed E-state index contributed by atoms with van der Waals surface area (Å²) < 4.78 is 57.4. The summed E-state index contributed by atoms with van der Waals surface area (Å²) in [5, 5.41) is -0.291. The maximum atomic E-state index is 17.2. The van der Waals surface area contributed by atoms with Crippen molar-refractivity contribution in [3.63, 3.8) is 0 Å². The smallest absolute Gasteiger partial charge is 0.330 e. The molecule has 0 spiro atoms. The number of hydrogen-bond donors (Lipinski definition) is 1. The Bertz CT molecular complexity index is 1800. The maximum Gasteiger partial charge on any atom is 0.330 e. The fraction of sp³-hybridized carbons (Fsp3) is 0.361. The van der Waals surface area contributed by atoms with Crippen LogP contribution in [-0.4, -0.2) is 55.7 Å². The molecule has 5 rings (SSSR count). The van der Waals surface area contributed by atoms with Gasteiger partial charge in [-0.05, 0) is 47.0 Å². The average molecular weight is 679 g/mol. The highest BCUT2D eigenvalue weighted by atomic mass is 28.4. The SMILES string of the molecule is COc1ccc(C(O[C@H]2[C@H](F)[C@H](n3cc(F)c(=O)[nH]c3=O)O[C@]2(C=O)CO[Si](C)(C)C(C)(C)C)(c2ccccc2)c2ccccc2)cc1. The molecule has 48 heavy (non-hydrogen) atoms. The first-order chi connectivity index (χ1) is 22.7. The second kappa shape index (κ2) is 13.3. The van der Waals surface area contributed by atoms with Gasteiger partial charge < -0.3 is 18.6 Å². The van der Waals surface area contributed by atoms with Gasteiger partial charge in [0.2, 0.25) is 5.82 Å². The Hall–Kier alpha value is -4.23. The highest BCUT2D eigenvalue weighted by molar-refractivity contribution is 6.74. The maximum absolute atomic E-state index is 17.2. The summed E-state index contributed by atoms with van der Waals surface area (Å²) in [7, 11) is -1.04. The van der Waals surface area contributed by atoms with E-state index in [1.807, 2.05) is 99.5 Å². The minimum Gasteiger partial charge on any atom is -0.497 e. The predicted octanol–water partition coefficient (Wildman–Crippen LogP) is 5.89. The Morgan fingerprint density at radius 2 is 1.48 bits per heavy atom. The number of carbonyl (C=O) groups excluding carboxylic acids is 1. The topological polar surface area (TPSA) is 109 Å². The molecular weight excluding hydrogens is 638 g/mol. The van der Waals surface area contributed by atoms with Crippen LogP contribution in [0.4, 0.5) is 8.78 Å². The third-order valence-electron chi connectivity index (χ3n) is 9.41. The van der Waals surface area contributed by atoms with E-state index in [-0.39, 0.29) is 5.04 Å². The molecule has 4 aromatic rings. The Labute approximate surface area is 278 Å². The van der Waals surface area contributed by atoms with Crippen molar-refractivity contribution in [3.05, 3.63) is 134 Å². The van der Waals surface area contributed by atoms with Gasteiger partial charge in [0.15, 0.2) is 32.6 Å². The van der Waals surface area contributed by atoms with Crippen molar-refractivity contribution in [3.8, 4) is 5.75 Å². The number of methoxy groups -OCH3 is 1. The molecule has 1 aliphatic rings. The first-order valence-electron chi connectivity index (χ1n) is 15.6. The number of alkyl halides is 1. The number of nitrogens with one attached hydrogen (secondary N) is 1. The van der Waals surface area contributed by atoms with E-state index in [2.05, 4.69) is 0 Å². The Morgan fingerprint density at radius 3 is 1.98 bits per heavy atom. The van der Waals surface area contributed by atoms with Crippen molar-refractivity contribution in [2.45, 2.75) is 68.6 Å². The van der Waals surface area contributed by atoms with Crippen LogP contribution in [0.5, 0.6) is 5.75 Å². The minimum absolute atomic E-state index is 0.291. The predicted molar refractivity (Wildman–Crippen MR) is 179 cm³/mol. The quantitative estimate of drug-likeness (QED) is 0.120. The lowest BCUT2D eigenvalue weighted by Gasteiger charge is -2.43. The molecular formula is C36H40F2N2O7Si. The molecule has 0 amide bonds. The van der Waals surface area contributed by atoms with Crippen LogP contribution in [0.15, 0.2) is 101 Å². The number of ether oxygens (including phenoxy) is 3. The molecule has 254 valence electrons. The van der Waals surface area contributed by atoms with Gasteiger partial charge in [0.25, 0.3) is 5.56 Å². The number of halogens is 2. The van der Waals surface area contributed by atoms with Crippen LogP contribution in [0.3, 0.4) is 0 Å². The Kier molecular flexibility index (Phi) is 9.75. The number of carbonyl (C=O) groups is 1. The van der Waals surface area contributed by atoms with Gasteiger partial charge in [-0.15, -0.1) is 0 Å². The second-order valence-corrected chi connectivity index (χ2v) is 18.2. The molecule has 4 atom stereocenters. The lowest BCUT2D eigenvalue weighted by atomic mass is 9.79. The molecule has 9 nitrogen and oxygen atoms in total. The van der Waals surface area contributed by atoms with Crippen molar-refractivity contribution in [2.75, 3.05) is 13.7 Å². The van der Waals surface area contributed by atoms with Gasteiger partial charge in [0.05, 0.1) is 19.9 Å². The number of aromatic amines is 1. The van der Waals surface area contributed by atoms with Crippen molar-refractivity contribution >= 4 is 14.6 Å². The summed E-state index contributed by atoms with van der Waals surface area (Å²) in [4.78, 5) is 40.0. The number of aldehydes is 1. The summed E-state index contributed by atoms with van der Waals surface area (Å²) >= 11 is 0. The molecule has 0 bridgehead atoms. The van der Waals surface area contributed by atoms with E-state index in [0.29, 0.717) is 39.5 Å². The van der Waals surface area contributed by atoms with Crippen molar-refractivity contribution in [2.24, 2.45) is 0 Å². The molecule has 1 fully saturated rings. The highest BCUT2D eigenvalue weighted by Gasteiger charge is 2.61. The van der Waals surface area contributed by atoms with Crippen LogP contribution in [0.25, 0.3) is 0 Å². The fourth-order valence-corrected chi connectivity index (χ4v) is 6.64. The van der Waals surface area contributed by atoms with E-state index in [0.717, 1.165) is 0 Å². The summed E-state index contributed by atoms with van der Waals surface area (Å²) in [6.45, 7) is 9.56. The molecule has 0 unspecified atom stereocenters. The molecule has 0 aliphatic carbocycles. The first kappa shape index (κ1) is 35.1. The second-order valence-electron chi connectivity index (χ2n) is 13.4. The largest absolute Gasteiger partial charge is 0.497 e. The summed E-state index contributed by atoms with van der Waals surface area (Å²) in [6, 6.07) is 25.3. The van der Waals surface area contributed by atoms with E-state index in [4.69, 9.17) is 18.6 Å². The number of benzene rings is 3. The average Bonchev–Trinajstić information content (AvgIpc) is 3.35. The zero-order chi connectivity index (χ0) is 34.9. The monoisotopic (exact) mass is 678 g/mol. The van der Waals surface area contributed by atoms with Gasteiger partial charge in [-0.2, -0.15) is 4.39 Å². The van der Waals surface area contributed by atoms with E-state index in [1.165, 1.54) is 0 Å². The summed E-state index contributed by atoms with van der Waals surface area (Å²) in [5.74, 6) is -0.754. The van der Waals surface area contributed by atoms with Gasteiger partial charge in [0, 0.05) is 0 Å². The van der Waals surface area contributed by atoms with E-state index >= 15 is 4.39 Å². The number of H-pyrrole nitrogens is 1. The van der Waals surface area contributed by atoms with Crippen molar-refractivity contribution in [1.82, 2.24) is 9.55 Å². The van der Waals surface area contributed by atoms with Gasteiger partial charge in [0.1, 0.15) is 17.5 Å². The van der Waals surface area contributed by atoms with Crippen LogP contribution in [0.2, 0.25) is 18.1 Å². The highest BCUT2D eigenvalue weighted by Crippen LogP contribution is 2.49. The zero-order valence-corrected chi connectivity index (χ0v) is 28.7. The van der Waals surface area contributed by atoms with Crippen LogP contribution in [-0.2, 0) is 24.3 Å². The van der Waals surface area contributed by atoms with Crippen LogP contribution in [0.1, 0.15) is 43.7 Å². The molecule has 1 aliphatic heterocycles. The fourth-order valence-electron chi connectivity index (χ4n) is 5.62. The van der Waals surface area contributed by atoms with Crippen LogP contribution < -0.4 is 16.0 Å². The normalized spacial score (nSPS) is 21.6. The molecule has 1 aromatic heterocycles. The Morgan fingerprint density at radius 1 is 0.938 bits per heavy atom. The van der Waals surface area contributed by atoms with E-state index < -0.39 is 61.7 Å². The van der Waals surface area contributed by atoms with Gasteiger partial charge in [-0.3, -0.25) is 19.1 Å². The summed E-state index contributed by atoms with van der Waals surface area (Å²) in [5.41, 5.74) is -4.27. The van der Waals surface area contributed by atoms with E-state index in [9.17, 15) is 18.8 Å². The number of nitrogens with zero attached hydrogens (tertiary/aromatic N) is 1. The number of aromatic nitrogens is 2. The third kappa shape index (κ3) is 6.32. The number of rotatable bonds is 11. The molecule has 1 saturated heterocycles. The molecule has 0 saturated carbocycles.